The first-order chi connectivity index (χ1) is 16.5. The summed E-state index contributed by atoms with van der Waals surface area (Å²) in [7, 11) is 0. The Bertz CT molecular complexity index is 1490. The summed E-state index contributed by atoms with van der Waals surface area (Å²) in [5.41, 5.74) is 1.55. The van der Waals surface area contributed by atoms with Gasteiger partial charge in [0.15, 0.2) is 0 Å². The minimum absolute atomic E-state index is 0.303. The number of aromatic nitrogens is 2. The number of nitrogens with zero attached hydrogens (tertiary/aromatic N) is 3. The Balaban J connectivity index is 1.73. The molecule has 1 aliphatic heterocycles. The van der Waals surface area contributed by atoms with Gasteiger partial charge in [-0.15, -0.1) is 11.3 Å². The molecule has 2 aromatic carbocycles. The van der Waals surface area contributed by atoms with E-state index in [1.165, 1.54) is 15.9 Å². The smallest absolute Gasteiger partial charge is 0.410 e. The molecule has 3 heterocycles. The molecule has 0 saturated carbocycles. The molecule has 174 valence electrons. The lowest BCUT2D eigenvalue weighted by atomic mass is 10.1. The Kier molecular flexibility index (Phi) is 6.02. The van der Waals surface area contributed by atoms with Crippen LogP contribution in [0.2, 0.25) is 5.02 Å². The molecule has 4 aromatic rings. The van der Waals surface area contributed by atoms with Crippen molar-refractivity contribution in [3.05, 3.63) is 96.5 Å². The van der Waals surface area contributed by atoms with Crippen LogP contribution >= 0.6 is 22.9 Å². The number of amides is 1. The second kappa shape index (κ2) is 9.12. The zero-order chi connectivity index (χ0) is 23.8. The second-order valence-electron chi connectivity index (χ2n) is 8.03. The third-order valence-corrected chi connectivity index (χ3v) is 7.41. The number of thiophene rings is 1. The highest BCUT2D eigenvalue weighted by Gasteiger charge is 2.29. The molecule has 0 unspecified atom stereocenters. The molecule has 5 rings (SSSR count). The summed E-state index contributed by atoms with van der Waals surface area (Å²) in [5.74, 6) is 0. The molecule has 2 aromatic heterocycles. The van der Waals surface area contributed by atoms with E-state index in [0.29, 0.717) is 53.6 Å². The molecule has 1 amide bonds. The van der Waals surface area contributed by atoms with Crippen molar-refractivity contribution < 1.29 is 9.53 Å². The third kappa shape index (κ3) is 3.93. The SMILES string of the molecule is CCOC(=O)N1CCc2c(sc3c2c(=O)n(-c2ccc(Cl)cc2)c(=O)n3Cc2ccccc2)C1. The summed E-state index contributed by atoms with van der Waals surface area (Å²) in [6, 6.07) is 16.3. The summed E-state index contributed by atoms with van der Waals surface area (Å²) in [6.07, 6.45) is 0.152. The van der Waals surface area contributed by atoms with E-state index < -0.39 is 5.69 Å². The summed E-state index contributed by atoms with van der Waals surface area (Å²) < 4.78 is 8.03. The van der Waals surface area contributed by atoms with Crippen LogP contribution in [0.1, 0.15) is 22.9 Å². The fraction of sp³-hybridized carbons (Fsp3) is 0.240. The van der Waals surface area contributed by atoms with E-state index in [9.17, 15) is 14.4 Å². The summed E-state index contributed by atoms with van der Waals surface area (Å²) >= 11 is 7.44. The standard InChI is InChI=1S/C25H22ClN3O4S/c1-2-33-25(32)27-13-12-19-20(15-27)34-23-21(19)22(30)29(18-10-8-17(26)9-11-18)24(31)28(23)14-16-6-4-3-5-7-16/h3-11H,2,12-15H2,1H3. The Morgan fingerprint density at radius 3 is 2.53 bits per heavy atom. The van der Waals surface area contributed by atoms with E-state index in [0.717, 1.165) is 16.0 Å². The van der Waals surface area contributed by atoms with Crippen molar-refractivity contribution in [2.75, 3.05) is 13.2 Å². The number of ether oxygens (including phenoxy) is 1. The van der Waals surface area contributed by atoms with Crippen LogP contribution in [0.15, 0.2) is 64.2 Å². The summed E-state index contributed by atoms with van der Waals surface area (Å²) in [5, 5.41) is 1.06. The van der Waals surface area contributed by atoms with Crippen LogP contribution in [0.4, 0.5) is 4.79 Å². The van der Waals surface area contributed by atoms with Crippen LogP contribution < -0.4 is 11.2 Å². The van der Waals surface area contributed by atoms with Crippen molar-refractivity contribution in [2.45, 2.75) is 26.4 Å². The molecule has 0 spiro atoms. The number of hydrogen-bond acceptors (Lipinski definition) is 5. The molecule has 0 saturated heterocycles. The number of hydrogen-bond donors (Lipinski definition) is 0. The average Bonchev–Trinajstić information content (AvgIpc) is 3.23. The van der Waals surface area contributed by atoms with Crippen LogP contribution in [0.5, 0.6) is 0 Å². The predicted octanol–water partition coefficient (Wildman–Crippen LogP) is 4.43. The van der Waals surface area contributed by atoms with Crippen molar-refractivity contribution in [3.63, 3.8) is 0 Å². The molecule has 0 aliphatic carbocycles. The summed E-state index contributed by atoms with van der Waals surface area (Å²) in [6.45, 7) is 3.21. The van der Waals surface area contributed by atoms with E-state index in [1.54, 1.807) is 40.7 Å². The molecule has 34 heavy (non-hydrogen) atoms. The molecule has 0 atom stereocenters. The Morgan fingerprint density at radius 1 is 1.09 bits per heavy atom. The minimum Gasteiger partial charge on any atom is -0.450 e. The predicted molar refractivity (Wildman–Crippen MR) is 133 cm³/mol. The molecule has 7 nitrogen and oxygen atoms in total. The second-order valence-corrected chi connectivity index (χ2v) is 9.55. The van der Waals surface area contributed by atoms with Gasteiger partial charge in [0.05, 0.1) is 30.8 Å². The van der Waals surface area contributed by atoms with Gasteiger partial charge >= 0.3 is 11.8 Å². The van der Waals surface area contributed by atoms with E-state index in [1.807, 2.05) is 30.3 Å². The number of rotatable bonds is 4. The maximum absolute atomic E-state index is 13.7. The van der Waals surface area contributed by atoms with E-state index in [2.05, 4.69) is 0 Å². The normalized spacial score (nSPS) is 13.2. The molecule has 0 radical (unpaired) electrons. The van der Waals surface area contributed by atoms with Gasteiger partial charge < -0.3 is 9.64 Å². The first kappa shape index (κ1) is 22.4. The first-order valence-electron chi connectivity index (χ1n) is 11.0. The van der Waals surface area contributed by atoms with Crippen LogP contribution in [0, 0.1) is 0 Å². The van der Waals surface area contributed by atoms with Gasteiger partial charge in [0.25, 0.3) is 5.56 Å². The van der Waals surface area contributed by atoms with Gasteiger partial charge in [-0.2, -0.15) is 0 Å². The number of benzene rings is 2. The van der Waals surface area contributed by atoms with Crippen molar-refractivity contribution in [1.29, 1.82) is 0 Å². The van der Waals surface area contributed by atoms with Crippen molar-refractivity contribution in [3.8, 4) is 5.69 Å². The molecule has 0 bridgehead atoms. The lowest BCUT2D eigenvalue weighted by Gasteiger charge is -2.25. The fourth-order valence-electron chi connectivity index (χ4n) is 4.30. The van der Waals surface area contributed by atoms with Crippen molar-refractivity contribution in [2.24, 2.45) is 0 Å². The first-order valence-corrected chi connectivity index (χ1v) is 12.2. The van der Waals surface area contributed by atoms with Crippen LogP contribution in [-0.2, 0) is 24.2 Å². The minimum atomic E-state index is -0.412. The highest BCUT2D eigenvalue weighted by atomic mass is 35.5. The third-order valence-electron chi connectivity index (χ3n) is 5.92. The van der Waals surface area contributed by atoms with Crippen LogP contribution in [0.25, 0.3) is 15.9 Å². The topological polar surface area (TPSA) is 73.5 Å². The fourth-order valence-corrected chi connectivity index (χ4v) is 5.77. The zero-order valence-corrected chi connectivity index (χ0v) is 20.1. The van der Waals surface area contributed by atoms with Crippen LogP contribution in [-0.4, -0.2) is 33.3 Å². The lowest BCUT2D eigenvalue weighted by Crippen LogP contribution is -2.39. The Hall–Kier alpha value is -3.36. The molecule has 9 heteroatoms. The monoisotopic (exact) mass is 495 g/mol. The number of carbonyl (C=O) groups excluding carboxylic acids is 1. The Labute approximate surface area is 204 Å². The Morgan fingerprint density at radius 2 is 1.82 bits per heavy atom. The van der Waals surface area contributed by atoms with Crippen molar-refractivity contribution in [1.82, 2.24) is 14.0 Å². The summed E-state index contributed by atoms with van der Waals surface area (Å²) in [4.78, 5) is 42.8. The molecule has 0 fully saturated rings. The maximum atomic E-state index is 13.7. The van der Waals surface area contributed by atoms with E-state index >= 15 is 0 Å². The van der Waals surface area contributed by atoms with E-state index in [-0.39, 0.29) is 11.7 Å². The number of fused-ring (bicyclic) bond motifs is 3. The van der Waals surface area contributed by atoms with Gasteiger partial charge in [-0.05, 0) is 48.7 Å². The average molecular weight is 496 g/mol. The van der Waals surface area contributed by atoms with Gasteiger partial charge in [0.1, 0.15) is 4.83 Å². The molecular weight excluding hydrogens is 474 g/mol. The molecule has 1 aliphatic rings. The van der Waals surface area contributed by atoms with Gasteiger partial charge in [0.2, 0.25) is 0 Å². The van der Waals surface area contributed by atoms with Gasteiger partial charge in [0, 0.05) is 16.4 Å². The molecule has 0 N–H and O–H groups in total. The highest BCUT2D eigenvalue weighted by molar-refractivity contribution is 7.18. The highest BCUT2D eigenvalue weighted by Crippen LogP contribution is 2.33. The number of carbonyl (C=O) groups is 1. The largest absolute Gasteiger partial charge is 0.450 e. The van der Waals surface area contributed by atoms with E-state index in [4.69, 9.17) is 16.3 Å². The number of halogens is 1. The maximum Gasteiger partial charge on any atom is 0.410 e. The van der Waals surface area contributed by atoms with Gasteiger partial charge in [-0.3, -0.25) is 9.36 Å². The van der Waals surface area contributed by atoms with Crippen LogP contribution in [0.3, 0.4) is 0 Å². The van der Waals surface area contributed by atoms with Gasteiger partial charge in [-0.1, -0.05) is 41.9 Å². The van der Waals surface area contributed by atoms with Crippen molar-refractivity contribution >= 4 is 39.2 Å². The molecular formula is C25H22ClN3O4S. The quantitative estimate of drug-likeness (QED) is 0.420. The van der Waals surface area contributed by atoms with Gasteiger partial charge in [-0.25, -0.2) is 14.2 Å². The zero-order valence-electron chi connectivity index (χ0n) is 18.5. The lowest BCUT2D eigenvalue weighted by molar-refractivity contribution is 0.103.